The molecule has 0 aromatic carbocycles. The molecular formula is C10H17N3O2. The molecule has 1 heterocycles. The minimum atomic E-state index is -0.155. The van der Waals surface area contributed by atoms with E-state index in [2.05, 4.69) is 20.2 Å². The van der Waals surface area contributed by atoms with Gasteiger partial charge in [-0.05, 0) is 6.92 Å². The molecule has 0 aliphatic carbocycles. The van der Waals surface area contributed by atoms with E-state index in [0.717, 1.165) is 5.69 Å². The van der Waals surface area contributed by atoms with Gasteiger partial charge in [0.1, 0.15) is 7.11 Å². The van der Waals surface area contributed by atoms with Crippen molar-refractivity contribution in [3.05, 3.63) is 11.3 Å². The second-order valence-electron chi connectivity index (χ2n) is 4.41. The number of H-pyrrole nitrogens is 1. The first-order chi connectivity index (χ1) is 6.88. The van der Waals surface area contributed by atoms with Gasteiger partial charge in [-0.25, -0.2) is 5.10 Å². The van der Waals surface area contributed by atoms with Gasteiger partial charge in [-0.1, -0.05) is 25.9 Å². The number of hydrogen-bond donors (Lipinski definition) is 2. The molecule has 0 bridgehead atoms. The minimum absolute atomic E-state index is 0.0261. The van der Waals surface area contributed by atoms with Gasteiger partial charge in [0.2, 0.25) is 5.88 Å². The average Bonchev–Trinajstić information content (AvgIpc) is 2.46. The maximum Gasteiger partial charge on any atom is 0.216 e. The lowest BCUT2D eigenvalue weighted by atomic mass is 9.88. The molecule has 1 aromatic rings. The Balaban J connectivity index is 3.28. The van der Waals surface area contributed by atoms with Crippen LogP contribution in [0.3, 0.4) is 0 Å². The van der Waals surface area contributed by atoms with Crippen LogP contribution >= 0.6 is 0 Å². The van der Waals surface area contributed by atoms with Crippen LogP contribution in [0, 0.1) is 0 Å². The van der Waals surface area contributed by atoms with E-state index in [1.807, 2.05) is 20.8 Å². The molecule has 0 aliphatic rings. The van der Waals surface area contributed by atoms with Gasteiger partial charge >= 0.3 is 0 Å². The third-order valence-corrected chi connectivity index (χ3v) is 2.05. The van der Waals surface area contributed by atoms with Gasteiger partial charge in [-0.2, -0.15) is 5.10 Å². The molecule has 0 aliphatic heterocycles. The van der Waals surface area contributed by atoms with E-state index < -0.39 is 0 Å². The van der Waals surface area contributed by atoms with Gasteiger partial charge in [-0.15, -0.1) is 0 Å². The van der Waals surface area contributed by atoms with Gasteiger partial charge in [0.25, 0.3) is 0 Å². The molecule has 2 N–H and O–H groups in total. The van der Waals surface area contributed by atoms with E-state index in [9.17, 15) is 5.11 Å². The largest absolute Gasteiger partial charge is 0.493 e. The van der Waals surface area contributed by atoms with Crippen LogP contribution in [-0.2, 0) is 10.3 Å². The minimum Gasteiger partial charge on any atom is -0.493 e. The fourth-order valence-electron chi connectivity index (χ4n) is 1.40. The summed E-state index contributed by atoms with van der Waals surface area (Å²) in [6, 6.07) is 0. The topological polar surface area (TPSA) is 70.5 Å². The summed E-state index contributed by atoms with van der Waals surface area (Å²) in [6.45, 7) is 7.83. The quantitative estimate of drug-likeness (QED) is 0.578. The Bertz CT molecular complexity index is 375. The molecule has 0 amide bonds. The number of aromatic amines is 1. The third kappa shape index (κ3) is 2.29. The monoisotopic (exact) mass is 211 g/mol. The standard InChI is InChI=1S/C10H17N3O2/c1-6(13-15-5)7-8(10(2,3)4)11-12-9(7)14/h1-5H3,(H2,11,12,14). The van der Waals surface area contributed by atoms with Gasteiger partial charge in [0, 0.05) is 5.41 Å². The lowest BCUT2D eigenvalue weighted by Gasteiger charge is -2.16. The molecule has 0 fully saturated rings. The summed E-state index contributed by atoms with van der Waals surface area (Å²) in [5, 5.41) is 20.1. The number of nitrogens with one attached hydrogen (secondary N) is 1. The van der Waals surface area contributed by atoms with Crippen LogP contribution in [-0.4, -0.2) is 28.1 Å². The maximum atomic E-state index is 9.64. The van der Waals surface area contributed by atoms with Crippen LogP contribution in [0.2, 0.25) is 0 Å². The van der Waals surface area contributed by atoms with E-state index in [4.69, 9.17) is 0 Å². The first-order valence-corrected chi connectivity index (χ1v) is 4.74. The Hall–Kier alpha value is -1.52. The Morgan fingerprint density at radius 2 is 2.07 bits per heavy atom. The summed E-state index contributed by atoms with van der Waals surface area (Å²) in [6.07, 6.45) is 0. The molecule has 1 rings (SSSR count). The zero-order valence-corrected chi connectivity index (χ0v) is 9.75. The van der Waals surface area contributed by atoms with E-state index in [1.54, 1.807) is 6.92 Å². The van der Waals surface area contributed by atoms with Crippen molar-refractivity contribution >= 4 is 5.71 Å². The highest BCUT2D eigenvalue weighted by molar-refractivity contribution is 6.01. The fraction of sp³-hybridized carbons (Fsp3) is 0.600. The van der Waals surface area contributed by atoms with Crippen LogP contribution in [0.25, 0.3) is 0 Å². The van der Waals surface area contributed by atoms with E-state index in [1.165, 1.54) is 7.11 Å². The predicted octanol–water partition coefficient (Wildman–Crippen LogP) is 1.78. The first kappa shape index (κ1) is 11.6. The van der Waals surface area contributed by atoms with E-state index in [0.29, 0.717) is 11.3 Å². The van der Waals surface area contributed by atoms with Gasteiger partial charge in [0.15, 0.2) is 0 Å². The van der Waals surface area contributed by atoms with Crippen LogP contribution in [0.4, 0.5) is 0 Å². The highest BCUT2D eigenvalue weighted by Gasteiger charge is 2.25. The van der Waals surface area contributed by atoms with Crippen molar-refractivity contribution in [2.24, 2.45) is 5.16 Å². The Morgan fingerprint density at radius 1 is 1.47 bits per heavy atom. The summed E-state index contributed by atoms with van der Waals surface area (Å²) in [4.78, 5) is 4.69. The number of aromatic hydroxyl groups is 1. The van der Waals surface area contributed by atoms with Crippen molar-refractivity contribution in [1.82, 2.24) is 10.2 Å². The lowest BCUT2D eigenvalue weighted by Crippen LogP contribution is -2.16. The molecule has 5 nitrogen and oxygen atoms in total. The zero-order valence-electron chi connectivity index (χ0n) is 9.75. The molecule has 5 heteroatoms. The van der Waals surface area contributed by atoms with Crippen LogP contribution in [0.5, 0.6) is 5.88 Å². The molecule has 15 heavy (non-hydrogen) atoms. The average molecular weight is 211 g/mol. The normalized spacial score (nSPS) is 13.0. The smallest absolute Gasteiger partial charge is 0.216 e. The molecule has 84 valence electrons. The summed E-state index contributed by atoms with van der Waals surface area (Å²) >= 11 is 0. The zero-order chi connectivity index (χ0) is 11.6. The van der Waals surface area contributed by atoms with Crippen molar-refractivity contribution in [2.75, 3.05) is 7.11 Å². The van der Waals surface area contributed by atoms with Gasteiger partial charge in [0.05, 0.1) is 17.0 Å². The Labute approximate surface area is 89.1 Å². The van der Waals surface area contributed by atoms with Crippen molar-refractivity contribution in [3.8, 4) is 5.88 Å². The van der Waals surface area contributed by atoms with Gasteiger partial charge in [-0.3, -0.25) is 0 Å². The molecule has 0 radical (unpaired) electrons. The molecule has 0 unspecified atom stereocenters. The number of rotatable bonds is 2. The Morgan fingerprint density at radius 3 is 2.53 bits per heavy atom. The summed E-state index contributed by atoms with van der Waals surface area (Å²) in [5.41, 5.74) is 1.84. The van der Waals surface area contributed by atoms with Crippen molar-refractivity contribution < 1.29 is 9.94 Å². The van der Waals surface area contributed by atoms with E-state index >= 15 is 0 Å². The number of hydrogen-bond acceptors (Lipinski definition) is 4. The number of oxime groups is 1. The van der Waals surface area contributed by atoms with Crippen molar-refractivity contribution in [3.63, 3.8) is 0 Å². The van der Waals surface area contributed by atoms with Gasteiger partial charge < -0.3 is 9.94 Å². The Kier molecular flexibility index (Phi) is 3.02. The third-order valence-electron chi connectivity index (χ3n) is 2.05. The summed E-state index contributed by atoms with van der Waals surface area (Å²) < 4.78 is 0. The molecule has 1 aromatic heterocycles. The highest BCUT2D eigenvalue weighted by atomic mass is 16.6. The molecule has 0 spiro atoms. The van der Waals surface area contributed by atoms with Crippen molar-refractivity contribution in [1.29, 1.82) is 0 Å². The first-order valence-electron chi connectivity index (χ1n) is 4.74. The molecular weight excluding hydrogens is 194 g/mol. The summed E-state index contributed by atoms with van der Waals surface area (Å²) in [5.74, 6) is 0.0261. The molecule has 0 saturated carbocycles. The van der Waals surface area contributed by atoms with Crippen LogP contribution in [0.1, 0.15) is 39.0 Å². The van der Waals surface area contributed by atoms with Crippen LogP contribution in [0.15, 0.2) is 5.16 Å². The van der Waals surface area contributed by atoms with E-state index in [-0.39, 0.29) is 11.3 Å². The second kappa shape index (κ2) is 3.92. The molecule has 0 atom stereocenters. The number of nitrogens with zero attached hydrogens (tertiary/aromatic N) is 2. The second-order valence-corrected chi connectivity index (χ2v) is 4.41. The maximum absolute atomic E-state index is 9.64. The fourth-order valence-corrected chi connectivity index (χ4v) is 1.40. The number of aromatic nitrogens is 2. The van der Waals surface area contributed by atoms with Crippen LogP contribution < -0.4 is 0 Å². The predicted molar refractivity (Wildman–Crippen MR) is 58.2 cm³/mol. The lowest BCUT2D eigenvalue weighted by molar-refractivity contribution is 0.213. The SMILES string of the molecule is CON=C(C)c1c(C(C)(C)C)n[nH]c1O. The molecule has 0 saturated heterocycles. The van der Waals surface area contributed by atoms with Crippen molar-refractivity contribution in [2.45, 2.75) is 33.1 Å². The highest BCUT2D eigenvalue weighted by Crippen LogP contribution is 2.29. The summed E-state index contributed by atoms with van der Waals surface area (Å²) in [7, 11) is 1.47.